The highest BCUT2D eigenvalue weighted by Crippen LogP contribution is 2.24. The minimum absolute atomic E-state index is 0.132. The van der Waals surface area contributed by atoms with E-state index in [2.05, 4.69) is 66.0 Å². The molecule has 0 aromatic heterocycles. The normalized spacial score (nSPS) is 17.2. The molecule has 0 heterocycles. The third kappa shape index (κ3) is 4.10. The molecule has 2 heteroatoms. The second-order valence-electron chi connectivity index (χ2n) is 6.10. The van der Waals surface area contributed by atoms with Crippen molar-refractivity contribution in [2.75, 3.05) is 6.54 Å². The van der Waals surface area contributed by atoms with Gasteiger partial charge in [-0.15, -0.1) is 0 Å². The molecule has 3 rings (SSSR count). The van der Waals surface area contributed by atoms with E-state index in [0.29, 0.717) is 6.54 Å². The van der Waals surface area contributed by atoms with Gasteiger partial charge in [-0.25, -0.2) is 0 Å². The molecular weight excluding hydrogens is 282 g/mol. The molecular formula is C21H23NO. The molecule has 0 aliphatic heterocycles. The summed E-state index contributed by atoms with van der Waals surface area (Å²) < 4.78 is 0. The summed E-state index contributed by atoms with van der Waals surface area (Å²) in [7, 11) is 0. The van der Waals surface area contributed by atoms with E-state index in [-0.39, 0.29) is 17.7 Å². The molecule has 1 amide bonds. The molecule has 2 aromatic carbocycles. The molecule has 0 saturated carbocycles. The maximum absolute atomic E-state index is 12.4. The Kier molecular flexibility index (Phi) is 5.25. The number of carbonyl (C=O) groups excluding carboxylic acids is 1. The lowest BCUT2D eigenvalue weighted by Gasteiger charge is -2.22. The third-order valence-corrected chi connectivity index (χ3v) is 4.52. The van der Waals surface area contributed by atoms with Crippen LogP contribution in [-0.4, -0.2) is 12.5 Å². The van der Waals surface area contributed by atoms with Gasteiger partial charge < -0.3 is 5.32 Å². The predicted octanol–water partition coefficient (Wildman–Crippen LogP) is 4.29. The highest BCUT2D eigenvalue weighted by atomic mass is 16.1. The van der Waals surface area contributed by atoms with Crippen molar-refractivity contribution in [3.63, 3.8) is 0 Å². The average Bonchev–Trinajstić information content (AvgIpc) is 2.64. The minimum atomic E-state index is 0.132. The van der Waals surface area contributed by atoms with Crippen LogP contribution < -0.4 is 5.32 Å². The zero-order valence-corrected chi connectivity index (χ0v) is 13.3. The third-order valence-electron chi connectivity index (χ3n) is 4.52. The van der Waals surface area contributed by atoms with Crippen LogP contribution in [0.1, 0.15) is 36.3 Å². The quantitative estimate of drug-likeness (QED) is 0.820. The fourth-order valence-electron chi connectivity index (χ4n) is 3.18. The Balaban J connectivity index is 1.72. The molecule has 2 nitrogen and oxygen atoms in total. The van der Waals surface area contributed by atoms with E-state index in [1.54, 1.807) is 0 Å². The molecule has 2 aromatic rings. The summed E-state index contributed by atoms with van der Waals surface area (Å²) >= 11 is 0. The van der Waals surface area contributed by atoms with Crippen LogP contribution in [0.3, 0.4) is 0 Å². The molecule has 0 radical (unpaired) electrons. The first kappa shape index (κ1) is 15.5. The van der Waals surface area contributed by atoms with Crippen LogP contribution in [0.25, 0.3) is 0 Å². The fourth-order valence-corrected chi connectivity index (χ4v) is 3.18. The van der Waals surface area contributed by atoms with E-state index < -0.39 is 0 Å². The monoisotopic (exact) mass is 305 g/mol. The molecule has 0 fully saturated rings. The molecule has 0 spiro atoms. The minimum Gasteiger partial charge on any atom is -0.355 e. The van der Waals surface area contributed by atoms with Crippen LogP contribution in [0.15, 0.2) is 72.8 Å². The van der Waals surface area contributed by atoms with Gasteiger partial charge in [-0.2, -0.15) is 0 Å². The number of rotatable bonds is 5. The maximum Gasteiger partial charge on any atom is 0.223 e. The van der Waals surface area contributed by atoms with Crippen LogP contribution in [0.2, 0.25) is 0 Å². The largest absolute Gasteiger partial charge is 0.355 e. The number of hydrogen-bond acceptors (Lipinski definition) is 1. The number of carbonyl (C=O) groups is 1. The summed E-state index contributed by atoms with van der Waals surface area (Å²) in [6.45, 7) is 0.646. The smallest absolute Gasteiger partial charge is 0.223 e. The van der Waals surface area contributed by atoms with Gasteiger partial charge in [0.25, 0.3) is 0 Å². The topological polar surface area (TPSA) is 29.1 Å². The van der Waals surface area contributed by atoms with Gasteiger partial charge in [0, 0.05) is 18.4 Å². The lowest BCUT2D eigenvalue weighted by atomic mass is 9.90. The molecule has 1 aliphatic rings. The van der Waals surface area contributed by atoms with Crippen LogP contribution in [0, 0.1) is 5.92 Å². The summed E-state index contributed by atoms with van der Waals surface area (Å²) in [5, 5.41) is 3.18. The first-order valence-electron chi connectivity index (χ1n) is 8.37. The Bertz CT molecular complexity index is 609. The SMILES string of the molecule is O=C(NCC(c1ccccc1)c1ccccc1)C1CC=CCC1. The predicted molar refractivity (Wildman–Crippen MR) is 94.2 cm³/mol. The van der Waals surface area contributed by atoms with Crippen LogP contribution in [-0.2, 0) is 4.79 Å². The number of nitrogens with one attached hydrogen (secondary N) is 1. The van der Waals surface area contributed by atoms with Crippen molar-refractivity contribution in [2.45, 2.75) is 25.2 Å². The zero-order valence-electron chi connectivity index (χ0n) is 13.3. The van der Waals surface area contributed by atoms with Gasteiger partial charge in [-0.1, -0.05) is 72.8 Å². The number of hydrogen-bond donors (Lipinski definition) is 1. The number of benzene rings is 2. The fraction of sp³-hybridized carbons (Fsp3) is 0.286. The van der Waals surface area contributed by atoms with E-state index in [1.165, 1.54) is 11.1 Å². The maximum atomic E-state index is 12.4. The Morgan fingerprint density at radius 1 is 0.957 bits per heavy atom. The summed E-state index contributed by atoms with van der Waals surface area (Å²) in [6.07, 6.45) is 7.13. The van der Waals surface area contributed by atoms with Crippen LogP contribution in [0.5, 0.6) is 0 Å². The van der Waals surface area contributed by atoms with E-state index >= 15 is 0 Å². The van der Waals surface area contributed by atoms with Crippen molar-refractivity contribution in [1.29, 1.82) is 0 Å². The summed E-state index contributed by atoms with van der Waals surface area (Å²) in [4.78, 5) is 12.4. The molecule has 23 heavy (non-hydrogen) atoms. The van der Waals surface area contributed by atoms with Crippen molar-refractivity contribution in [3.05, 3.63) is 83.9 Å². The molecule has 1 unspecified atom stereocenters. The van der Waals surface area contributed by atoms with Crippen molar-refractivity contribution in [3.8, 4) is 0 Å². The highest BCUT2D eigenvalue weighted by molar-refractivity contribution is 5.79. The van der Waals surface area contributed by atoms with Crippen molar-refractivity contribution >= 4 is 5.91 Å². The average molecular weight is 305 g/mol. The summed E-state index contributed by atoms with van der Waals surface area (Å²) in [5.41, 5.74) is 2.48. The Hall–Kier alpha value is -2.35. The lowest BCUT2D eigenvalue weighted by Crippen LogP contribution is -2.34. The number of allylic oxidation sites excluding steroid dienone is 2. The van der Waals surface area contributed by atoms with Gasteiger partial charge in [0.1, 0.15) is 0 Å². The van der Waals surface area contributed by atoms with Gasteiger partial charge in [-0.3, -0.25) is 4.79 Å². The molecule has 0 bridgehead atoms. The summed E-state index contributed by atoms with van der Waals surface area (Å²) in [6, 6.07) is 20.8. The van der Waals surface area contributed by atoms with E-state index in [4.69, 9.17) is 0 Å². The van der Waals surface area contributed by atoms with Crippen molar-refractivity contribution in [1.82, 2.24) is 5.32 Å². The van der Waals surface area contributed by atoms with E-state index in [9.17, 15) is 4.79 Å². The molecule has 1 atom stereocenters. The van der Waals surface area contributed by atoms with Gasteiger partial charge in [-0.05, 0) is 30.4 Å². The first-order chi connectivity index (χ1) is 11.3. The highest BCUT2D eigenvalue weighted by Gasteiger charge is 2.20. The van der Waals surface area contributed by atoms with Gasteiger partial charge in [0.05, 0.1) is 0 Å². The van der Waals surface area contributed by atoms with Crippen LogP contribution >= 0.6 is 0 Å². The van der Waals surface area contributed by atoms with Gasteiger partial charge in [0.15, 0.2) is 0 Å². The lowest BCUT2D eigenvalue weighted by molar-refractivity contribution is -0.125. The summed E-state index contributed by atoms with van der Waals surface area (Å²) in [5.74, 6) is 0.513. The second-order valence-corrected chi connectivity index (χ2v) is 6.10. The Labute approximate surface area is 138 Å². The second kappa shape index (κ2) is 7.77. The molecule has 0 saturated heterocycles. The van der Waals surface area contributed by atoms with Crippen molar-refractivity contribution in [2.24, 2.45) is 5.92 Å². The Morgan fingerprint density at radius 2 is 1.57 bits per heavy atom. The van der Waals surface area contributed by atoms with Crippen LogP contribution in [0.4, 0.5) is 0 Å². The number of amides is 1. The van der Waals surface area contributed by atoms with Gasteiger partial charge >= 0.3 is 0 Å². The molecule has 1 aliphatic carbocycles. The Morgan fingerprint density at radius 3 is 2.09 bits per heavy atom. The molecule has 1 N–H and O–H groups in total. The standard InChI is InChI=1S/C21H23NO/c23-21(19-14-8-3-9-15-19)22-16-20(17-10-4-1-5-11-17)18-12-6-2-7-13-18/h1-8,10-13,19-20H,9,14-16H2,(H,22,23). The molecule has 118 valence electrons. The van der Waals surface area contributed by atoms with Gasteiger partial charge in [0.2, 0.25) is 5.91 Å². The van der Waals surface area contributed by atoms with E-state index in [1.807, 2.05) is 12.1 Å². The van der Waals surface area contributed by atoms with Crippen molar-refractivity contribution < 1.29 is 4.79 Å². The zero-order chi connectivity index (χ0) is 15.9. The van der Waals surface area contributed by atoms with E-state index in [0.717, 1.165) is 19.3 Å². The first-order valence-corrected chi connectivity index (χ1v) is 8.37.